The summed E-state index contributed by atoms with van der Waals surface area (Å²) >= 11 is 4.60. The van der Waals surface area contributed by atoms with Crippen LogP contribution in [0.4, 0.5) is 63.2 Å². The van der Waals surface area contributed by atoms with E-state index in [2.05, 4.69) is 83.1 Å². The number of ether oxygens (including phenoxy) is 2. The van der Waals surface area contributed by atoms with Crippen molar-refractivity contribution in [2.45, 2.75) is 224 Å². The average Bonchev–Trinajstić information content (AvgIpc) is 1.73. The number of nitrogens with zero attached hydrogens (tertiary/aromatic N) is 13. The number of carbonyl (C=O) groups excluding carboxylic acids is 3. The molecule has 8 aromatic rings. The van der Waals surface area contributed by atoms with Gasteiger partial charge in [0.25, 0.3) is 0 Å². The van der Waals surface area contributed by atoms with Crippen molar-refractivity contribution in [1.82, 2.24) is 59.1 Å². The summed E-state index contributed by atoms with van der Waals surface area (Å²) in [5.41, 5.74) is 12.2. The molecule has 24 nitrogen and oxygen atoms in total. The van der Waals surface area contributed by atoms with Crippen molar-refractivity contribution < 1.29 is 84.6 Å². The maximum absolute atomic E-state index is 13.4. The second-order valence-electron chi connectivity index (χ2n) is 27.3. The van der Waals surface area contributed by atoms with Gasteiger partial charge in [-0.25, -0.2) is 78.6 Å². The number of rotatable bonds is 18. The third-order valence-corrected chi connectivity index (χ3v) is 18.5. The number of ketones is 1. The van der Waals surface area contributed by atoms with Gasteiger partial charge in [-0.2, -0.15) is 20.4 Å². The normalized spacial score (nSPS) is 17.4. The summed E-state index contributed by atoms with van der Waals surface area (Å²) in [4.78, 5) is 51.0. The first-order valence-electron chi connectivity index (χ1n) is 35.1. The Morgan fingerprint density at radius 1 is 0.509 bits per heavy atom. The van der Waals surface area contributed by atoms with Crippen LogP contribution in [0.15, 0.2) is 103 Å². The number of esters is 1. The molecule has 8 heterocycles. The standard InChI is InChI=1S/C20H26F2N4O2.C17H21F2N5O.C17H23F2N5.C17H20F2N4O.C2H3ClO2.CH3.Pd/c1-13(10-19(27)28-3)15-11-17(23-16-4-7-20(21,22)8-5-16)24-18(12-15)26-9-6-14(2)25-26;1-11-5-8-24(22-11)16-10-13(12(2)23-25)9-15(21-16)20-14-3-6-17(18,19)7-4-14;1-11-5-8-24(23-11)16-10-13(12(2)20)9-15(22-16)21-14-3-6-17(18,19)7-4-14;1-11-5-8-23(22-11)16-10-13(12(2)24)9-15(21-16)20-14-3-6-17(18,19)7-4-14;1-5-2(3)4;;/h6,9,11-13,16H,4-5,7-8,10H2,1-3H3,(H,23,24);5,8-10,14,25H,3-4,6-7H2,1-2H3,(H,20,21);5,8-10,12,14H,3-4,6-7,20H2,1-2H3,(H,21,22);5,8-10,14H,3-4,6-7H2,1-2H3,(H,20,21);1H3;1H3;/q;;;;;-1;/b;23-12-;;;;;. The molecule has 592 valence electrons. The van der Waals surface area contributed by atoms with E-state index in [9.17, 15) is 49.5 Å². The van der Waals surface area contributed by atoms with E-state index in [4.69, 9.17) is 15.7 Å². The molecule has 4 saturated carbocycles. The van der Waals surface area contributed by atoms with Crippen LogP contribution in [0.5, 0.6) is 0 Å². The Bertz CT molecular complexity index is 4250. The number of hydrogen-bond donors (Lipinski definition) is 6. The Morgan fingerprint density at radius 3 is 1.06 bits per heavy atom. The van der Waals surface area contributed by atoms with Gasteiger partial charge in [0, 0.05) is 150 Å². The molecule has 4 aliphatic carbocycles. The van der Waals surface area contributed by atoms with Crippen LogP contribution in [0.2, 0.25) is 0 Å². The van der Waals surface area contributed by atoms with Crippen LogP contribution in [0, 0.1) is 35.1 Å². The minimum Gasteiger partial charge on any atom is -0.469 e. The minimum absolute atomic E-state index is 0. The van der Waals surface area contributed by atoms with E-state index in [1.165, 1.54) is 21.1 Å². The van der Waals surface area contributed by atoms with Crippen LogP contribution in [0.1, 0.15) is 199 Å². The molecule has 0 radical (unpaired) electrons. The largest absolute Gasteiger partial charge is 0.469 e. The zero-order chi connectivity index (χ0) is 77.3. The molecule has 2 atom stereocenters. The maximum Gasteiger partial charge on any atom is 0.403 e. The van der Waals surface area contributed by atoms with Crippen molar-refractivity contribution in [2.75, 3.05) is 35.5 Å². The molecule has 2 unspecified atom stereocenters. The average molecular weight is 1630 g/mol. The van der Waals surface area contributed by atoms with E-state index >= 15 is 0 Å². The summed E-state index contributed by atoms with van der Waals surface area (Å²) in [6, 6.07) is 21.6. The number of alkyl halides is 8. The number of oxime groups is 1. The Kier molecular flexibility index (Phi) is 32.1. The van der Waals surface area contributed by atoms with Gasteiger partial charge in [-0.1, -0.05) is 12.1 Å². The van der Waals surface area contributed by atoms with Crippen LogP contribution >= 0.6 is 11.6 Å². The molecule has 7 N–H and O–H groups in total. The summed E-state index contributed by atoms with van der Waals surface area (Å²) in [5, 5.41) is 42.7. The minimum atomic E-state index is -2.57. The molecule has 8 aromatic heterocycles. The first kappa shape index (κ1) is 88.0. The molecule has 0 aliphatic heterocycles. The summed E-state index contributed by atoms with van der Waals surface area (Å²) in [5.74, 6) is -5.97. The zero-order valence-electron chi connectivity index (χ0n) is 62.3. The number of carbonyl (C=O) groups is 3. The first-order valence-corrected chi connectivity index (χ1v) is 35.4. The molecule has 0 spiro atoms. The number of Topliss-reactive ketones (excluding diaryl/α,β-unsaturated/α-hetero) is 1. The Balaban J connectivity index is 0.000000219. The van der Waals surface area contributed by atoms with E-state index in [-0.39, 0.29) is 134 Å². The predicted octanol–water partition coefficient (Wildman–Crippen LogP) is 16.8. The molecule has 4 fully saturated rings. The van der Waals surface area contributed by atoms with Gasteiger partial charge < -0.3 is 49.1 Å². The number of methoxy groups -OCH3 is 2. The number of hydrogen-bond acceptors (Lipinski definition) is 20. The van der Waals surface area contributed by atoms with Gasteiger partial charge in [-0.3, -0.25) is 9.59 Å². The van der Waals surface area contributed by atoms with Gasteiger partial charge in [0.1, 0.15) is 23.3 Å². The van der Waals surface area contributed by atoms with Crippen LogP contribution in [0.3, 0.4) is 0 Å². The van der Waals surface area contributed by atoms with Gasteiger partial charge in [0.15, 0.2) is 29.1 Å². The molecule has 0 amide bonds. The van der Waals surface area contributed by atoms with Crippen LogP contribution in [-0.4, -0.2) is 149 Å². The number of aromatic nitrogens is 12. The fourth-order valence-electron chi connectivity index (χ4n) is 12.1. The number of nitrogens with two attached hydrogens (primary N) is 1. The molecule has 108 heavy (non-hydrogen) atoms. The SMILES string of the molecule is C/C(=N/O)c1cc(NC2CCC(F)(F)CC2)nc(-n2ccc(C)n2)c1.CC(=O)c1cc(NC2CCC(F)(F)CC2)nc(-n2ccc(C)n2)c1.COC(=O)CC(C)c1cc(NC2CCC(F)(F)CC2)nc(-n2ccc(C)n2)c1.COC(=O)Cl.Cc1ccn(-c2cc(C(C)N)cc(NC3CCC(F)(F)CC3)n2)n1.[CH3-].[Pd]. The number of aryl methyl sites for hydroxylation is 4. The van der Waals surface area contributed by atoms with Gasteiger partial charge in [-0.15, -0.1) is 0 Å². The second kappa shape index (κ2) is 39.4. The van der Waals surface area contributed by atoms with Gasteiger partial charge in [0.05, 0.1) is 49.1 Å². The van der Waals surface area contributed by atoms with Gasteiger partial charge in [-0.05, 0) is 190 Å². The first-order chi connectivity index (χ1) is 50.0. The van der Waals surface area contributed by atoms with E-state index in [1.807, 2.05) is 102 Å². The smallest absolute Gasteiger partial charge is 0.403 e. The molecule has 34 heteroatoms. The van der Waals surface area contributed by atoms with Crippen molar-refractivity contribution in [3.05, 3.63) is 150 Å². The molecule has 4 aliphatic rings. The van der Waals surface area contributed by atoms with Crippen LogP contribution in [0.25, 0.3) is 23.3 Å². The van der Waals surface area contributed by atoms with E-state index in [0.717, 1.165) is 33.9 Å². The van der Waals surface area contributed by atoms with Crippen molar-refractivity contribution in [3.8, 4) is 23.3 Å². The van der Waals surface area contributed by atoms with E-state index in [1.54, 1.807) is 62.3 Å². The van der Waals surface area contributed by atoms with Gasteiger partial charge >= 0.3 is 11.4 Å². The molecule has 0 bridgehead atoms. The molecular weight excluding hydrogens is 1530 g/mol. The number of halogens is 9. The van der Waals surface area contributed by atoms with Crippen LogP contribution in [-0.2, 0) is 34.7 Å². The van der Waals surface area contributed by atoms with E-state index < -0.39 is 29.1 Å². The maximum atomic E-state index is 13.4. The van der Waals surface area contributed by atoms with Crippen molar-refractivity contribution in [2.24, 2.45) is 10.9 Å². The fraction of sp³-hybridized carbons (Fsp3) is 0.500. The predicted molar refractivity (Wildman–Crippen MR) is 394 cm³/mol. The molecular formula is C74H96ClF8N18O6Pd-. The number of anilines is 4. The molecule has 0 aromatic carbocycles. The Labute approximate surface area is 642 Å². The summed E-state index contributed by atoms with van der Waals surface area (Å²) in [6.07, 6.45) is 9.80. The molecule has 12 rings (SSSR count). The second-order valence-corrected chi connectivity index (χ2v) is 27.7. The van der Waals surface area contributed by atoms with E-state index in [0.29, 0.717) is 115 Å². The third kappa shape index (κ3) is 27.3. The fourth-order valence-corrected chi connectivity index (χ4v) is 12.1. The molecule has 0 saturated heterocycles. The number of nitrogens with one attached hydrogen (secondary N) is 4. The summed E-state index contributed by atoms with van der Waals surface area (Å²) in [6.45, 7) is 14.5. The third-order valence-electron chi connectivity index (χ3n) is 18.3. The monoisotopic (exact) mass is 1630 g/mol. The van der Waals surface area contributed by atoms with Crippen molar-refractivity contribution in [3.63, 3.8) is 0 Å². The van der Waals surface area contributed by atoms with Crippen LogP contribution < -0.4 is 27.0 Å². The topological polar surface area (TPSA) is 299 Å². The van der Waals surface area contributed by atoms with Crippen molar-refractivity contribution >= 4 is 57.8 Å². The van der Waals surface area contributed by atoms with Gasteiger partial charge in [0.2, 0.25) is 23.7 Å². The summed E-state index contributed by atoms with van der Waals surface area (Å²) < 4.78 is 122. The van der Waals surface area contributed by atoms with Crippen molar-refractivity contribution in [1.29, 1.82) is 0 Å². The quantitative estimate of drug-likeness (QED) is 0.00535. The number of pyridine rings is 4. The summed E-state index contributed by atoms with van der Waals surface area (Å²) in [7, 11) is 2.58. The zero-order valence-corrected chi connectivity index (χ0v) is 64.6. The Hall–Kier alpha value is -8.93. The Morgan fingerprint density at radius 2 is 0.787 bits per heavy atom.